The predicted octanol–water partition coefficient (Wildman–Crippen LogP) is 5.18. The molecule has 3 aromatic rings. The summed E-state index contributed by atoms with van der Waals surface area (Å²) in [7, 11) is 1.73. The van der Waals surface area contributed by atoms with Crippen molar-refractivity contribution in [3.8, 4) is 16.3 Å². The van der Waals surface area contributed by atoms with Crippen molar-refractivity contribution >= 4 is 28.6 Å². The summed E-state index contributed by atoms with van der Waals surface area (Å²) in [5, 5.41) is 0.992. The summed E-state index contributed by atoms with van der Waals surface area (Å²) < 4.78 is 6.34. The third-order valence-corrected chi connectivity index (χ3v) is 6.44. The first-order chi connectivity index (χ1) is 13.7. The molecule has 0 atom stereocenters. The van der Waals surface area contributed by atoms with Crippen molar-refractivity contribution in [3.05, 3.63) is 64.6 Å². The minimum atomic E-state index is 0.794. The van der Waals surface area contributed by atoms with Gasteiger partial charge in [-0.05, 0) is 18.6 Å². The van der Waals surface area contributed by atoms with Crippen LogP contribution in [-0.2, 0) is 6.54 Å². The highest BCUT2D eigenvalue weighted by Crippen LogP contribution is 2.33. The second-order valence-corrected chi connectivity index (χ2v) is 8.50. The number of nitrogens with zero attached hydrogens (tertiary/aromatic N) is 3. The summed E-state index contributed by atoms with van der Waals surface area (Å²) >= 11 is 8.09. The Bertz CT molecular complexity index is 915. The standard InChI is InChI=1S/C22H24ClN3OS/c1-27-20-11-6-5-10-19(20)26-13-7-12-25(14-15-26)16-18-21(23)28-22(24-18)17-8-3-2-4-9-17/h2-6,8-11H,7,12-16H2,1H3. The first kappa shape index (κ1) is 19.2. The molecule has 0 saturated carbocycles. The number of thiazole rings is 1. The fourth-order valence-electron chi connectivity index (χ4n) is 3.61. The summed E-state index contributed by atoms with van der Waals surface area (Å²) in [4.78, 5) is 9.68. The molecule has 0 unspecified atom stereocenters. The molecule has 1 fully saturated rings. The van der Waals surface area contributed by atoms with Gasteiger partial charge in [-0.3, -0.25) is 4.90 Å². The van der Waals surface area contributed by atoms with Crippen LogP contribution in [-0.4, -0.2) is 43.2 Å². The average molecular weight is 414 g/mol. The van der Waals surface area contributed by atoms with Gasteiger partial charge in [0.05, 0.1) is 18.5 Å². The second-order valence-electron chi connectivity index (χ2n) is 6.89. The molecule has 4 rings (SSSR count). The molecular weight excluding hydrogens is 390 g/mol. The highest BCUT2D eigenvalue weighted by atomic mass is 35.5. The lowest BCUT2D eigenvalue weighted by molar-refractivity contribution is 0.282. The largest absolute Gasteiger partial charge is 0.495 e. The molecule has 0 bridgehead atoms. The first-order valence-corrected chi connectivity index (χ1v) is 10.7. The fourth-order valence-corrected chi connectivity index (χ4v) is 4.74. The normalized spacial score (nSPS) is 15.4. The minimum Gasteiger partial charge on any atom is -0.495 e. The molecule has 1 saturated heterocycles. The van der Waals surface area contributed by atoms with Crippen molar-refractivity contribution in [1.82, 2.24) is 9.88 Å². The zero-order chi connectivity index (χ0) is 19.3. The topological polar surface area (TPSA) is 28.6 Å². The van der Waals surface area contributed by atoms with Crippen molar-refractivity contribution in [2.24, 2.45) is 0 Å². The average Bonchev–Trinajstić information content (AvgIpc) is 2.95. The quantitative estimate of drug-likeness (QED) is 0.575. The zero-order valence-corrected chi connectivity index (χ0v) is 17.5. The van der Waals surface area contributed by atoms with Gasteiger partial charge < -0.3 is 9.64 Å². The van der Waals surface area contributed by atoms with Gasteiger partial charge in [0, 0.05) is 38.3 Å². The van der Waals surface area contributed by atoms with E-state index in [4.69, 9.17) is 21.3 Å². The monoisotopic (exact) mass is 413 g/mol. The Labute approximate surface area is 175 Å². The second kappa shape index (κ2) is 8.95. The van der Waals surface area contributed by atoms with Crippen LogP contribution in [0.2, 0.25) is 4.34 Å². The van der Waals surface area contributed by atoms with Crippen LogP contribution in [0.1, 0.15) is 12.1 Å². The van der Waals surface area contributed by atoms with E-state index in [9.17, 15) is 0 Å². The Balaban J connectivity index is 1.44. The van der Waals surface area contributed by atoms with Crippen LogP contribution < -0.4 is 9.64 Å². The number of halogens is 1. The van der Waals surface area contributed by atoms with Crippen LogP contribution in [0.25, 0.3) is 10.6 Å². The van der Waals surface area contributed by atoms with E-state index in [-0.39, 0.29) is 0 Å². The lowest BCUT2D eigenvalue weighted by Gasteiger charge is -2.25. The van der Waals surface area contributed by atoms with Crippen molar-refractivity contribution in [3.63, 3.8) is 0 Å². The molecule has 0 amide bonds. The molecule has 4 nitrogen and oxygen atoms in total. The number of ether oxygens (including phenoxy) is 1. The van der Waals surface area contributed by atoms with Gasteiger partial charge in [-0.2, -0.15) is 0 Å². The Kier molecular flexibility index (Phi) is 6.15. The number of methoxy groups -OCH3 is 1. The lowest BCUT2D eigenvalue weighted by atomic mass is 10.2. The van der Waals surface area contributed by atoms with Crippen LogP contribution in [0.4, 0.5) is 5.69 Å². The van der Waals surface area contributed by atoms with E-state index >= 15 is 0 Å². The number of hydrogen-bond acceptors (Lipinski definition) is 5. The Morgan fingerprint density at radius 3 is 2.61 bits per heavy atom. The molecule has 1 aliphatic heterocycles. The first-order valence-electron chi connectivity index (χ1n) is 9.55. The molecule has 0 N–H and O–H groups in total. The molecular formula is C22H24ClN3OS. The molecule has 146 valence electrons. The fraction of sp³-hybridized carbons (Fsp3) is 0.318. The third kappa shape index (κ3) is 4.32. The van der Waals surface area contributed by atoms with Crippen LogP contribution in [0.15, 0.2) is 54.6 Å². The van der Waals surface area contributed by atoms with Gasteiger partial charge in [0.25, 0.3) is 0 Å². The molecule has 0 spiro atoms. The van der Waals surface area contributed by atoms with Crippen LogP contribution in [0.3, 0.4) is 0 Å². The molecule has 2 aromatic carbocycles. The molecule has 2 heterocycles. The number of para-hydroxylation sites is 2. The number of benzene rings is 2. The molecule has 1 aliphatic rings. The van der Waals surface area contributed by atoms with Crippen LogP contribution >= 0.6 is 22.9 Å². The van der Waals surface area contributed by atoms with E-state index in [1.165, 1.54) is 5.69 Å². The van der Waals surface area contributed by atoms with Gasteiger partial charge in [-0.1, -0.05) is 54.1 Å². The third-order valence-electron chi connectivity index (χ3n) is 5.06. The van der Waals surface area contributed by atoms with Gasteiger partial charge >= 0.3 is 0 Å². The number of aromatic nitrogens is 1. The van der Waals surface area contributed by atoms with Gasteiger partial charge in [0.1, 0.15) is 15.1 Å². The number of anilines is 1. The maximum absolute atomic E-state index is 6.52. The Morgan fingerprint density at radius 2 is 1.79 bits per heavy atom. The molecule has 0 radical (unpaired) electrons. The minimum absolute atomic E-state index is 0.794. The zero-order valence-electron chi connectivity index (χ0n) is 16.0. The van der Waals surface area contributed by atoms with Gasteiger partial charge in [0.15, 0.2) is 0 Å². The van der Waals surface area contributed by atoms with E-state index < -0.39 is 0 Å². The van der Waals surface area contributed by atoms with Crippen molar-refractivity contribution in [2.45, 2.75) is 13.0 Å². The maximum Gasteiger partial charge on any atom is 0.142 e. The molecule has 28 heavy (non-hydrogen) atoms. The summed E-state index contributed by atoms with van der Waals surface area (Å²) in [5.41, 5.74) is 3.28. The van der Waals surface area contributed by atoms with Crippen molar-refractivity contribution in [1.29, 1.82) is 0 Å². The molecule has 0 aliphatic carbocycles. The summed E-state index contributed by atoms with van der Waals surface area (Å²) in [6.07, 6.45) is 1.10. The van der Waals surface area contributed by atoms with Crippen LogP contribution in [0, 0.1) is 0 Å². The van der Waals surface area contributed by atoms with Gasteiger partial charge in [-0.15, -0.1) is 11.3 Å². The lowest BCUT2D eigenvalue weighted by Crippen LogP contribution is -2.30. The summed E-state index contributed by atoms with van der Waals surface area (Å²) in [6, 6.07) is 18.5. The summed E-state index contributed by atoms with van der Waals surface area (Å²) in [5.74, 6) is 0.936. The Morgan fingerprint density at radius 1 is 1.00 bits per heavy atom. The van der Waals surface area contributed by atoms with E-state index in [0.29, 0.717) is 0 Å². The van der Waals surface area contributed by atoms with Gasteiger partial charge in [0.2, 0.25) is 0 Å². The highest BCUT2D eigenvalue weighted by molar-refractivity contribution is 7.19. The SMILES string of the molecule is COc1ccccc1N1CCCN(Cc2nc(-c3ccccc3)sc2Cl)CC1. The van der Waals surface area contributed by atoms with Gasteiger partial charge in [-0.25, -0.2) is 4.98 Å². The van der Waals surface area contributed by atoms with E-state index in [0.717, 1.165) is 65.5 Å². The van der Waals surface area contributed by atoms with E-state index in [1.54, 1.807) is 18.4 Å². The van der Waals surface area contributed by atoms with Crippen molar-refractivity contribution < 1.29 is 4.74 Å². The smallest absolute Gasteiger partial charge is 0.142 e. The number of rotatable bonds is 5. The molecule has 6 heteroatoms. The molecule has 1 aromatic heterocycles. The van der Waals surface area contributed by atoms with E-state index in [1.807, 2.05) is 30.3 Å². The maximum atomic E-state index is 6.52. The number of hydrogen-bond donors (Lipinski definition) is 0. The van der Waals surface area contributed by atoms with E-state index in [2.05, 4.69) is 34.1 Å². The van der Waals surface area contributed by atoms with Crippen LogP contribution in [0.5, 0.6) is 5.75 Å². The Hall–Kier alpha value is -2.08. The van der Waals surface area contributed by atoms with Crippen molar-refractivity contribution in [2.75, 3.05) is 38.2 Å². The summed E-state index contributed by atoms with van der Waals surface area (Å²) in [6.45, 7) is 4.80. The highest BCUT2D eigenvalue weighted by Gasteiger charge is 2.20. The predicted molar refractivity (Wildman–Crippen MR) is 118 cm³/mol.